The van der Waals surface area contributed by atoms with Gasteiger partial charge in [0.2, 0.25) is 0 Å². The van der Waals surface area contributed by atoms with E-state index in [1.54, 1.807) is 0 Å². The van der Waals surface area contributed by atoms with Crippen LogP contribution in [0.15, 0.2) is 399 Å². The second-order valence-electron chi connectivity index (χ2n) is 31.0. The number of pyridine rings is 2. The summed E-state index contributed by atoms with van der Waals surface area (Å²) < 4.78 is 18.9. The lowest BCUT2D eigenvalue weighted by Gasteiger charge is -2.14. The van der Waals surface area contributed by atoms with Crippen molar-refractivity contribution in [2.24, 2.45) is 0 Å². The molecule has 0 saturated carbocycles. The molecule has 0 aliphatic rings. The standard InChI is InChI=1S/C108H65N11O/c1-6-24-66(25-7-1)89-64-102(113-107(111-89)68-28-10-3-11-29-68)118-93-39-21-16-34-78(93)81-48-42-72(58-98(81)118)71-46-52-95-86(57-71)80-36-18-20-38-92(80)117(95)77-62-84(106-88(63-77)105-101(120-106)41-23-55-110-105)74-44-50-83-82-49-43-73(59-99(82)119(100(83)60-74)103-65-90(67-26-8-2-9-27-67)112-108(114-103)69-30-12-4-13-31-69)70-45-51-94-85(56-70)79-35-17-19-37-91(79)116(94)76-47-53-96-87(61-76)104-97(40-22-54-109-104)115(96)75-32-14-5-15-33-75/h1-65H. The Morgan fingerprint density at radius 2 is 0.583 bits per heavy atom. The summed E-state index contributed by atoms with van der Waals surface area (Å²) in [7, 11) is 0. The maximum absolute atomic E-state index is 7.09. The van der Waals surface area contributed by atoms with Crippen LogP contribution >= 0.6 is 0 Å². The third-order valence-corrected chi connectivity index (χ3v) is 24.2. The van der Waals surface area contributed by atoms with E-state index in [4.69, 9.17) is 34.3 Å². The number of benzene rings is 15. The summed E-state index contributed by atoms with van der Waals surface area (Å²) in [6, 6.07) is 136. The molecule has 558 valence electrons. The fourth-order valence-electron chi connectivity index (χ4n) is 18.8. The average Bonchev–Trinajstić information content (AvgIpc) is 1.57. The number of furan rings is 1. The van der Waals surface area contributed by atoms with Gasteiger partial charge in [-0.25, -0.2) is 19.9 Å². The molecular formula is C108H65N11O. The number of rotatable bonds is 12. The van der Waals surface area contributed by atoms with Crippen molar-refractivity contribution in [3.63, 3.8) is 0 Å². The van der Waals surface area contributed by atoms with Crippen LogP contribution in [0.4, 0.5) is 0 Å². The monoisotopic (exact) mass is 1530 g/mol. The van der Waals surface area contributed by atoms with Crippen LogP contribution in [0.3, 0.4) is 0 Å². The maximum atomic E-state index is 7.09. The van der Waals surface area contributed by atoms with Gasteiger partial charge in [-0.05, 0) is 155 Å². The molecule has 0 unspecified atom stereocenters. The summed E-state index contributed by atoms with van der Waals surface area (Å²) in [5, 5.41) is 11.0. The van der Waals surface area contributed by atoms with Gasteiger partial charge in [0.1, 0.15) is 22.7 Å². The molecule has 0 N–H and O–H groups in total. The molecule has 0 radical (unpaired) electrons. The zero-order valence-corrected chi connectivity index (χ0v) is 64.4. The molecule has 0 saturated heterocycles. The van der Waals surface area contributed by atoms with E-state index in [0.29, 0.717) is 17.2 Å². The van der Waals surface area contributed by atoms with Crippen molar-refractivity contribution in [2.75, 3.05) is 0 Å². The van der Waals surface area contributed by atoms with E-state index in [-0.39, 0.29) is 0 Å². The number of fused-ring (bicyclic) bond motifs is 18. The van der Waals surface area contributed by atoms with Crippen molar-refractivity contribution >= 4 is 131 Å². The highest BCUT2D eigenvalue weighted by atomic mass is 16.3. The molecular weight excluding hydrogens is 1470 g/mol. The van der Waals surface area contributed by atoms with Gasteiger partial charge in [0.15, 0.2) is 17.2 Å². The molecule has 120 heavy (non-hydrogen) atoms. The molecule has 0 amide bonds. The van der Waals surface area contributed by atoms with Crippen LogP contribution in [0.5, 0.6) is 0 Å². The lowest BCUT2D eigenvalue weighted by molar-refractivity contribution is 0.669. The lowest BCUT2D eigenvalue weighted by atomic mass is 9.99. The summed E-state index contributed by atoms with van der Waals surface area (Å²) in [4.78, 5) is 31.6. The van der Waals surface area contributed by atoms with Crippen molar-refractivity contribution in [1.82, 2.24) is 52.7 Å². The van der Waals surface area contributed by atoms with Gasteiger partial charge in [-0.2, -0.15) is 0 Å². The summed E-state index contributed by atoms with van der Waals surface area (Å²) in [5.41, 5.74) is 28.7. The van der Waals surface area contributed by atoms with Gasteiger partial charge in [-0.1, -0.05) is 243 Å². The fourth-order valence-corrected chi connectivity index (χ4v) is 18.8. The largest absolute Gasteiger partial charge is 0.454 e. The average molecular weight is 1530 g/mol. The van der Waals surface area contributed by atoms with Crippen LogP contribution in [0.1, 0.15) is 0 Å². The molecule has 0 spiro atoms. The molecule has 0 atom stereocenters. The normalized spacial score (nSPS) is 12.0. The van der Waals surface area contributed by atoms with Crippen molar-refractivity contribution in [1.29, 1.82) is 0 Å². The minimum atomic E-state index is 0.620. The lowest BCUT2D eigenvalue weighted by Crippen LogP contribution is -2.02. The van der Waals surface area contributed by atoms with E-state index in [1.165, 1.54) is 0 Å². The predicted octanol–water partition coefficient (Wildman–Crippen LogP) is 27.1. The minimum Gasteiger partial charge on any atom is -0.454 e. The highest BCUT2D eigenvalue weighted by Gasteiger charge is 2.26. The Hall–Kier alpha value is -16.4. The zero-order chi connectivity index (χ0) is 78.6. The van der Waals surface area contributed by atoms with Gasteiger partial charge in [-0.3, -0.25) is 19.1 Å². The molecule has 15 aromatic carbocycles. The fraction of sp³-hybridized carbons (Fsp3) is 0. The number of aromatic nitrogens is 11. The van der Waals surface area contributed by atoms with Gasteiger partial charge >= 0.3 is 0 Å². The van der Waals surface area contributed by atoms with Crippen molar-refractivity contribution < 1.29 is 4.42 Å². The molecule has 10 aromatic heterocycles. The van der Waals surface area contributed by atoms with Gasteiger partial charge in [-0.15, -0.1) is 0 Å². The maximum Gasteiger partial charge on any atom is 0.162 e. The second kappa shape index (κ2) is 26.6. The Morgan fingerprint density at radius 3 is 1.14 bits per heavy atom. The minimum absolute atomic E-state index is 0.620. The van der Waals surface area contributed by atoms with Crippen LogP contribution in [0.2, 0.25) is 0 Å². The van der Waals surface area contributed by atoms with Crippen LogP contribution in [-0.4, -0.2) is 52.7 Å². The third-order valence-electron chi connectivity index (χ3n) is 24.2. The first kappa shape index (κ1) is 66.9. The highest BCUT2D eigenvalue weighted by molar-refractivity contribution is 6.18. The zero-order valence-electron chi connectivity index (χ0n) is 64.4. The molecule has 25 aromatic rings. The van der Waals surface area contributed by atoms with Gasteiger partial charge in [0.25, 0.3) is 0 Å². The van der Waals surface area contributed by atoms with Crippen molar-refractivity contribution in [3.8, 4) is 107 Å². The summed E-state index contributed by atoms with van der Waals surface area (Å²) in [6.07, 6.45) is 3.75. The van der Waals surface area contributed by atoms with Gasteiger partial charge in [0, 0.05) is 123 Å². The van der Waals surface area contributed by atoms with E-state index < -0.39 is 0 Å². The molecule has 0 aliphatic heterocycles. The molecule has 0 aliphatic carbocycles. The van der Waals surface area contributed by atoms with E-state index in [1.807, 2.05) is 67.0 Å². The molecule has 12 heteroatoms. The van der Waals surface area contributed by atoms with Crippen LogP contribution in [-0.2, 0) is 0 Å². The molecule has 12 nitrogen and oxygen atoms in total. The topological polar surface area (TPSA) is 115 Å². The van der Waals surface area contributed by atoms with Crippen LogP contribution < -0.4 is 0 Å². The quantitative estimate of drug-likeness (QED) is 0.120. The van der Waals surface area contributed by atoms with Gasteiger partial charge in [0.05, 0.1) is 72.1 Å². The van der Waals surface area contributed by atoms with Crippen LogP contribution in [0, 0.1) is 0 Å². The Kier molecular flexibility index (Phi) is 14.8. The molecule has 0 bridgehead atoms. The van der Waals surface area contributed by atoms with E-state index in [2.05, 4.69) is 350 Å². The first-order valence-electron chi connectivity index (χ1n) is 40.4. The van der Waals surface area contributed by atoms with Crippen molar-refractivity contribution in [2.45, 2.75) is 0 Å². The van der Waals surface area contributed by atoms with E-state index >= 15 is 0 Å². The van der Waals surface area contributed by atoms with Crippen molar-refractivity contribution in [3.05, 3.63) is 395 Å². The summed E-state index contributed by atoms with van der Waals surface area (Å²) in [6.45, 7) is 0. The van der Waals surface area contributed by atoms with E-state index in [0.717, 1.165) is 221 Å². The number of nitrogens with zero attached hydrogens (tertiary/aromatic N) is 11. The third kappa shape index (κ3) is 10.5. The Labute approximate surface area is 686 Å². The molecule has 10 heterocycles. The SMILES string of the molecule is c1ccc(-c2cc(-n3c4ccccc4c4ccc(-c5ccc6c(c5)c5ccccc5n6-c5cc(-c6ccc7c8ccc(-c9ccc%10c(c9)c9ccccc9n%10-c9ccc%10c(c9)c9ncccc9n%10-c9ccccc9)cc8n(-c8cc(-c9ccccc9)nc(-c9ccccc9)n8)c7c6)c6oc7cccnc7c6c5)cc43)nc(-c3ccccc3)n2)cc1. The number of hydrogen-bond acceptors (Lipinski definition) is 7. The second-order valence-corrected chi connectivity index (χ2v) is 31.0. The Morgan fingerprint density at radius 1 is 0.200 bits per heavy atom. The Bertz CT molecular complexity index is 8420. The Balaban J connectivity index is 0.660. The van der Waals surface area contributed by atoms with Crippen LogP contribution in [0.25, 0.3) is 239 Å². The number of para-hydroxylation sites is 4. The predicted molar refractivity (Wildman–Crippen MR) is 490 cm³/mol. The first-order chi connectivity index (χ1) is 59.5. The summed E-state index contributed by atoms with van der Waals surface area (Å²) >= 11 is 0. The summed E-state index contributed by atoms with van der Waals surface area (Å²) in [5.74, 6) is 2.80. The van der Waals surface area contributed by atoms with E-state index in [9.17, 15) is 0 Å². The first-order valence-corrected chi connectivity index (χ1v) is 40.4. The number of hydrogen-bond donors (Lipinski definition) is 0. The molecule has 0 fully saturated rings. The highest BCUT2D eigenvalue weighted by Crippen LogP contribution is 2.47. The van der Waals surface area contributed by atoms with Gasteiger partial charge < -0.3 is 18.1 Å². The smallest absolute Gasteiger partial charge is 0.162 e. The molecule has 25 rings (SSSR count).